The molecule has 0 amide bonds. The molecule has 0 saturated carbocycles. The first kappa shape index (κ1) is 16.6. The molecule has 0 aliphatic rings. The quantitative estimate of drug-likeness (QED) is 0.368. The second-order valence-electron chi connectivity index (χ2n) is 5.11. The van der Waals surface area contributed by atoms with E-state index in [0.717, 1.165) is 16.3 Å². The van der Waals surface area contributed by atoms with Gasteiger partial charge in [-0.15, -0.1) is 21.5 Å². The van der Waals surface area contributed by atoms with Crippen molar-refractivity contribution in [2.45, 2.75) is 30.7 Å². The summed E-state index contributed by atoms with van der Waals surface area (Å²) in [5.41, 5.74) is 1.82. The van der Waals surface area contributed by atoms with E-state index in [9.17, 15) is 10.1 Å². The van der Waals surface area contributed by atoms with Crippen LogP contribution in [0, 0.1) is 17.0 Å². The number of nitro groups is 1. The van der Waals surface area contributed by atoms with Gasteiger partial charge in [0.05, 0.1) is 22.0 Å². The number of nitrogens with zero attached hydrogens (tertiary/aromatic N) is 4. The number of benzene rings is 1. The van der Waals surface area contributed by atoms with Crippen LogP contribution in [0.3, 0.4) is 0 Å². The summed E-state index contributed by atoms with van der Waals surface area (Å²) in [4.78, 5) is 14.8. The molecule has 0 N–H and O–H groups in total. The SMILES string of the molecule is Cc1nc(Cc2nnc(SC(C)c3cccc([N+](=O)[O-])c3)o2)cs1. The minimum Gasteiger partial charge on any atom is -0.416 e. The number of nitro benzene ring substituents is 1. The standard InChI is InChI=1S/C15H14N4O3S2/c1-9(11-4-3-5-13(6-11)19(20)21)24-15-18-17-14(22-15)7-12-8-23-10(2)16-12/h3-6,8-9H,7H2,1-2H3. The van der Waals surface area contributed by atoms with E-state index in [0.29, 0.717) is 17.5 Å². The molecular formula is C15H14N4O3S2. The zero-order valence-corrected chi connectivity index (χ0v) is 14.6. The highest BCUT2D eigenvalue weighted by atomic mass is 32.2. The first-order valence-electron chi connectivity index (χ1n) is 7.15. The monoisotopic (exact) mass is 362 g/mol. The maximum Gasteiger partial charge on any atom is 0.277 e. The molecule has 7 nitrogen and oxygen atoms in total. The van der Waals surface area contributed by atoms with Crippen LogP contribution in [0.15, 0.2) is 39.3 Å². The van der Waals surface area contributed by atoms with Crippen LogP contribution in [0.5, 0.6) is 0 Å². The summed E-state index contributed by atoms with van der Waals surface area (Å²) in [7, 11) is 0. The molecule has 9 heteroatoms. The van der Waals surface area contributed by atoms with Crippen molar-refractivity contribution in [2.75, 3.05) is 0 Å². The van der Waals surface area contributed by atoms with Crippen LogP contribution in [-0.4, -0.2) is 20.1 Å². The van der Waals surface area contributed by atoms with Gasteiger partial charge in [0.1, 0.15) is 0 Å². The van der Waals surface area contributed by atoms with E-state index in [4.69, 9.17) is 4.42 Å². The van der Waals surface area contributed by atoms with E-state index in [1.165, 1.54) is 17.8 Å². The number of non-ortho nitro benzene ring substituents is 1. The van der Waals surface area contributed by atoms with Crippen molar-refractivity contribution in [3.63, 3.8) is 0 Å². The van der Waals surface area contributed by atoms with Gasteiger partial charge in [-0.3, -0.25) is 10.1 Å². The second kappa shape index (κ2) is 7.10. The van der Waals surface area contributed by atoms with Crippen molar-refractivity contribution in [3.05, 3.63) is 61.9 Å². The summed E-state index contributed by atoms with van der Waals surface area (Å²) >= 11 is 2.95. The fraction of sp³-hybridized carbons (Fsp3) is 0.267. The third-order valence-corrected chi connectivity index (χ3v) is 5.09. The van der Waals surface area contributed by atoms with E-state index in [-0.39, 0.29) is 10.9 Å². The lowest BCUT2D eigenvalue weighted by Gasteiger charge is -2.08. The molecule has 0 fully saturated rings. The van der Waals surface area contributed by atoms with Gasteiger partial charge < -0.3 is 4.42 Å². The largest absolute Gasteiger partial charge is 0.416 e. The Kier molecular flexibility index (Phi) is 4.91. The highest BCUT2D eigenvalue weighted by Crippen LogP contribution is 2.35. The van der Waals surface area contributed by atoms with Crippen molar-refractivity contribution in [2.24, 2.45) is 0 Å². The molecule has 0 radical (unpaired) electrons. The Hall–Kier alpha value is -2.26. The van der Waals surface area contributed by atoms with Gasteiger partial charge in [0, 0.05) is 22.8 Å². The number of thiazole rings is 1. The smallest absolute Gasteiger partial charge is 0.277 e. The number of aromatic nitrogens is 3. The Labute approximate surface area is 146 Å². The molecule has 24 heavy (non-hydrogen) atoms. The topological polar surface area (TPSA) is 95.0 Å². The van der Waals surface area contributed by atoms with Crippen molar-refractivity contribution >= 4 is 28.8 Å². The van der Waals surface area contributed by atoms with Gasteiger partial charge in [0.25, 0.3) is 10.9 Å². The van der Waals surface area contributed by atoms with E-state index >= 15 is 0 Å². The summed E-state index contributed by atoms with van der Waals surface area (Å²) < 4.78 is 5.64. The normalized spacial score (nSPS) is 12.2. The maximum atomic E-state index is 10.9. The van der Waals surface area contributed by atoms with Gasteiger partial charge in [-0.05, 0) is 19.4 Å². The van der Waals surface area contributed by atoms with Crippen molar-refractivity contribution in [1.82, 2.24) is 15.2 Å². The van der Waals surface area contributed by atoms with Crippen LogP contribution in [-0.2, 0) is 6.42 Å². The third-order valence-electron chi connectivity index (χ3n) is 3.28. The lowest BCUT2D eigenvalue weighted by molar-refractivity contribution is -0.384. The molecule has 3 rings (SSSR count). The van der Waals surface area contributed by atoms with E-state index in [2.05, 4.69) is 15.2 Å². The first-order valence-corrected chi connectivity index (χ1v) is 8.91. The van der Waals surface area contributed by atoms with Gasteiger partial charge in [-0.2, -0.15) is 0 Å². The Bertz CT molecular complexity index is 862. The molecule has 1 aromatic carbocycles. The maximum absolute atomic E-state index is 10.9. The first-order chi connectivity index (χ1) is 11.5. The van der Waals surface area contributed by atoms with Crippen LogP contribution < -0.4 is 0 Å². The average Bonchev–Trinajstić information content (AvgIpc) is 3.17. The van der Waals surface area contributed by atoms with Crippen LogP contribution in [0.25, 0.3) is 0 Å². The fourth-order valence-electron chi connectivity index (χ4n) is 2.11. The van der Waals surface area contributed by atoms with Crippen LogP contribution >= 0.6 is 23.1 Å². The van der Waals surface area contributed by atoms with Gasteiger partial charge >= 0.3 is 0 Å². The number of hydrogen-bond donors (Lipinski definition) is 0. The Morgan fingerprint density at radius 1 is 1.42 bits per heavy atom. The molecule has 0 aliphatic heterocycles. The second-order valence-corrected chi connectivity index (χ2v) is 7.46. The average molecular weight is 362 g/mol. The Morgan fingerprint density at radius 2 is 2.25 bits per heavy atom. The summed E-state index contributed by atoms with van der Waals surface area (Å²) in [6.07, 6.45) is 0.503. The summed E-state index contributed by atoms with van der Waals surface area (Å²) in [6.45, 7) is 3.89. The van der Waals surface area contributed by atoms with Gasteiger partial charge in [0.2, 0.25) is 5.89 Å². The number of thioether (sulfide) groups is 1. The van der Waals surface area contributed by atoms with Gasteiger partial charge in [-0.1, -0.05) is 23.9 Å². The lowest BCUT2D eigenvalue weighted by Crippen LogP contribution is -1.92. The predicted molar refractivity (Wildman–Crippen MR) is 91.3 cm³/mol. The van der Waals surface area contributed by atoms with Crippen LogP contribution in [0.2, 0.25) is 0 Å². The van der Waals surface area contributed by atoms with E-state index in [1.54, 1.807) is 23.5 Å². The highest BCUT2D eigenvalue weighted by molar-refractivity contribution is 7.99. The third kappa shape index (κ3) is 3.98. The summed E-state index contributed by atoms with van der Waals surface area (Å²) in [5.74, 6) is 0.508. The van der Waals surface area contributed by atoms with Crippen molar-refractivity contribution in [3.8, 4) is 0 Å². The highest BCUT2D eigenvalue weighted by Gasteiger charge is 2.16. The fourth-order valence-corrected chi connectivity index (χ4v) is 3.54. The van der Waals surface area contributed by atoms with Crippen molar-refractivity contribution < 1.29 is 9.34 Å². The zero-order valence-electron chi connectivity index (χ0n) is 13.0. The molecule has 0 saturated heterocycles. The minimum absolute atomic E-state index is 0.0419. The number of rotatable bonds is 6. The van der Waals surface area contributed by atoms with Crippen LogP contribution in [0.1, 0.15) is 34.3 Å². The van der Waals surface area contributed by atoms with Gasteiger partial charge in [0.15, 0.2) is 0 Å². The lowest BCUT2D eigenvalue weighted by atomic mass is 10.1. The molecule has 2 heterocycles. The molecule has 3 aromatic rings. The summed E-state index contributed by atoms with van der Waals surface area (Å²) in [5, 5.41) is 22.3. The molecule has 124 valence electrons. The molecule has 0 spiro atoms. The molecule has 0 aliphatic carbocycles. The molecule has 1 unspecified atom stereocenters. The van der Waals surface area contributed by atoms with E-state index < -0.39 is 4.92 Å². The van der Waals surface area contributed by atoms with E-state index in [1.807, 2.05) is 25.3 Å². The van der Waals surface area contributed by atoms with Gasteiger partial charge in [-0.25, -0.2) is 4.98 Å². The molecule has 2 aromatic heterocycles. The molecule has 0 bridgehead atoms. The number of aryl methyl sites for hydroxylation is 1. The Balaban J connectivity index is 1.67. The summed E-state index contributed by atoms with van der Waals surface area (Å²) in [6, 6.07) is 6.56. The zero-order chi connectivity index (χ0) is 17.1. The predicted octanol–water partition coefficient (Wildman–Crippen LogP) is 4.19. The number of hydrogen-bond acceptors (Lipinski definition) is 8. The Morgan fingerprint density at radius 3 is 2.96 bits per heavy atom. The minimum atomic E-state index is -0.401. The molecular weight excluding hydrogens is 348 g/mol. The molecule has 1 atom stereocenters. The van der Waals surface area contributed by atoms with Crippen LogP contribution in [0.4, 0.5) is 5.69 Å². The van der Waals surface area contributed by atoms with Crippen molar-refractivity contribution in [1.29, 1.82) is 0 Å².